The molecule has 0 amide bonds. The van der Waals surface area contributed by atoms with Gasteiger partial charge in [0.1, 0.15) is 0 Å². The first-order valence-electron chi connectivity index (χ1n) is 0.993. The third-order valence-corrected chi connectivity index (χ3v) is 0. The summed E-state index contributed by atoms with van der Waals surface area (Å²) in [6, 6.07) is 0. The monoisotopic (exact) mass is 90.0 g/mol. The van der Waals surface area contributed by atoms with Crippen LogP contribution in [0, 0.1) is 0 Å². The lowest BCUT2D eigenvalue weighted by molar-refractivity contribution is 0.583. The van der Waals surface area contributed by atoms with Gasteiger partial charge >= 0.3 is 0 Å². The molecule has 0 spiro atoms. The first-order chi connectivity index (χ1) is 1.73. The van der Waals surface area contributed by atoms with Gasteiger partial charge in [0, 0.05) is 0 Å². The molecule has 1 nitrogen and oxygen atoms in total. The summed E-state index contributed by atoms with van der Waals surface area (Å²) in [4.78, 5) is 0. The topological polar surface area (TPSA) is 17.1 Å². The zero-order chi connectivity index (χ0) is 3.58. The van der Waals surface area contributed by atoms with Crippen LogP contribution in [0.25, 0.3) is 0 Å². The number of hydrogen-bond acceptors (Lipinski definition) is 1. The molecule has 0 aliphatic rings. The second kappa shape index (κ2) is 1.80. The summed E-state index contributed by atoms with van der Waals surface area (Å²) in [5.41, 5.74) is 0. The van der Waals surface area contributed by atoms with Gasteiger partial charge in [-0.05, 0) is 0 Å². The van der Waals surface area contributed by atoms with E-state index in [-0.39, 0.29) is 0 Å². The summed E-state index contributed by atoms with van der Waals surface area (Å²) in [6.45, 7) is 0. The first kappa shape index (κ1) is 4.51. The largest absolute Gasteiger partial charge is 0.394 e. The third-order valence-electron chi connectivity index (χ3n) is 0. The van der Waals surface area contributed by atoms with E-state index in [9.17, 15) is 4.46 Å². The van der Waals surface area contributed by atoms with Crippen LogP contribution < -0.4 is 0 Å². The Morgan fingerprint density at radius 2 is 2.00 bits per heavy atom. The summed E-state index contributed by atoms with van der Waals surface area (Å²) in [5, 5.41) is 0. The van der Waals surface area contributed by atoms with Gasteiger partial charge in [0.2, 0.25) is 8.22 Å². The Labute approximate surface area is 29.9 Å². The molecule has 0 saturated heterocycles. The van der Waals surface area contributed by atoms with E-state index in [0.29, 0.717) is 0 Å². The van der Waals surface area contributed by atoms with Gasteiger partial charge in [-0.25, -0.2) is 0 Å². The van der Waals surface area contributed by atoms with E-state index >= 15 is 0 Å². The van der Waals surface area contributed by atoms with Crippen LogP contribution in [0.2, 0.25) is 0 Å². The fourth-order valence-electron chi connectivity index (χ4n) is 0. The zero-order valence-electron chi connectivity index (χ0n) is 2.49. The van der Waals surface area contributed by atoms with E-state index in [4.69, 9.17) is 0 Å². The Hall–Kier alpha value is 0.512. The Morgan fingerprint density at radius 1 is 2.00 bits per heavy atom. The van der Waals surface area contributed by atoms with E-state index in [1.54, 1.807) is 7.44 Å². The van der Waals surface area contributed by atoms with Gasteiger partial charge in [-0.3, -0.25) is 0 Å². The molecule has 0 bridgehead atoms. The van der Waals surface area contributed by atoms with Crippen molar-refractivity contribution in [3.63, 3.8) is 0 Å². The van der Waals surface area contributed by atoms with Crippen molar-refractivity contribution in [2.24, 2.45) is 0 Å². The van der Waals surface area contributed by atoms with Gasteiger partial charge in [-0.2, -0.15) is 0 Å². The van der Waals surface area contributed by atoms with Crippen LogP contribution in [0.4, 0.5) is 0 Å². The second-order valence-electron chi connectivity index (χ2n) is 0.611. The maximum atomic E-state index is 9.59. The van der Waals surface area contributed by atoms with Crippen LogP contribution in [-0.2, 0) is 4.46 Å². The zero-order valence-corrected chi connectivity index (χ0v) is 4.64. The van der Waals surface area contributed by atoms with E-state index in [0.717, 1.165) is 0 Å². The van der Waals surface area contributed by atoms with Gasteiger partial charge in [0.05, 0.1) is 0 Å². The molecule has 22 valence electrons. The lowest BCUT2D eigenvalue weighted by Gasteiger charge is -1.51. The Balaban J connectivity index is 2.80. The second-order valence-corrected chi connectivity index (χ2v) is 4.27. The highest BCUT2D eigenvalue weighted by atomic mass is 31.3. The van der Waals surface area contributed by atoms with Crippen molar-refractivity contribution in [2.45, 2.75) is 0 Å². The van der Waals surface area contributed by atoms with Crippen LogP contribution in [-0.4, -0.2) is 15.7 Å². The molecule has 0 N–H and O–H groups in total. The highest BCUT2D eigenvalue weighted by Crippen LogP contribution is 1.65. The van der Waals surface area contributed by atoms with Gasteiger partial charge in [-0.1, -0.05) is 8.79 Å². The molecule has 0 aromatic rings. The van der Waals surface area contributed by atoms with Crippen LogP contribution in [0.1, 0.15) is 0 Å². The summed E-state index contributed by atoms with van der Waals surface area (Å²) in [5.74, 6) is 0. The first-order valence-corrected chi connectivity index (χ1v) is 4.71. The predicted octanol–water partition coefficient (Wildman–Crippen LogP) is -1.09. The molecule has 4 heavy (non-hydrogen) atoms. The van der Waals surface area contributed by atoms with Crippen molar-refractivity contribution in [1.29, 1.82) is 0 Å². The smallest absolute Gasteiger partial charge is 0.243 e. The van der Waals surface area contributed by atoms with Gasteiger partial charge in [0.25, 0.3) is 0 Å². The number of rotatable bonds is 0. The molecule has 4 heteroatoms. The molecule has 0 radical (unpaired) electrons. The predicted molar refractivity (Wildman–Crippen MR) is 24.7 cm³/mol. The minimum atomic E-state index is -1.21. The van der Waals surface area contributed by atoms with E-state index in [1.807, 2.05) is 0 Å². The van der Waals surface area contributed by atoms with Crippen molar-refractivity contribution < 1.29 is 4.46 Å². The molecule has 0 heterocycles. The quantitative estimate of drug-likeness (QED) is 0.273. The molecule has 0 aromatic carbocycles. The van der Waals surface area contributed by atoms with E-state index in [1.165, 1.54) is 0 Å². The summed E-state index contributed by atoms with van der Waals surface area (Å²) in [6.07, 6.45) is 0. The SMILES string of the molecule is B[Si](=O)P. The molecule has 0 aromatic heterocycles. The van der Waals surface area contributed by atoms with Gasteiger partial charge < -0.3 is 4.46 Å². The van der Waals surface area contributed by atoms with E-state index < -0.39 is 8.22 Å². The molecule has 0 fully saturated rings. The lowest BCUT2D eigenvalue weighted by atomic mass is 10.8. The fraction of sp³-hybridized carbons (Fsp3) is 0. The average Bonchev–Trinajstić information content (AvgIpc) is 0.811. The average molecular weight is 89.9 g/mol. The highest BCUT2D eigenvalue weighted by molar-refractivity contribution is 7.67. The summed E-state index contributed by atoms with van der Waals surface area (Å²) in [7, 11) is 2.67. The van der Waals surface area contributed by atoms with E-state index in [2.05, 4.69) is 8.79 Å². The molecule has 1 unspecified atom stereocenters. The van der Waals surface area contributed by atoms with Gasteiger partial charge in [0.15, 0.2) is 7.44 Å². The Bertz CT molecular complexity index is 31.0. The number of hydrogen-bond donors (Lipinski definition) is 0. The van der Waals surface area contributed by atoms with Crippen LogP contribution in [0.5, 0.6) is 0 Å². The highest BCUT2D eigenvalue weighted by Gasteiger charge is 1.70. The lowest BCUT2D eigenvalue weighted by Crippen LogP contribution is -1.78. The minimum Gasteiger partial charge on any atom is -0.394 e. The summed E-state index contributed by atoms with van der Waals surface area (Å²) >= 11 is 0. The maximum absolute atomic E-state index is 9.59. The molecule has 0 rings (SSSR count). The normalized spacial score (nSPS) is 6.25. The Morgan fingerprint density at radius 3 is 2.00 bits per heavy atom. The Kier molecular flexibility index (Phi) is 2.03. The molecule has 0 aliphatic heterocycles. The maximum Gasteiger partial charge on any atom is 0.243 e. The summed E-state index contributed by atoms with van der Waals surface area (Å²) < 4.78 is 9.59. The molecule has 1 atom stereocenters. The fourth-order valence-corrected chi connectivity index (χ4v) is 0. The molecule has 0 aliphatic carbocycles. The molecular formula is H4BOPSi. The van der Waals surface area contributed by atoms with Crippen molar-refractivity contribution in [1.82, 2.24) is 0 Å². The van der Waals surface area contributed by atoms with Gasteiger partial charge in [-0.15, -0.1) is 0 Å². The minimum absolute atomic E-state index is 1.21. The van der Waals surface area contributed by atoms with Crippen molar-refractivity contribution in [3.8, 4) is 0 Å². The van der Waals surface area contributed by atoms with Crippen LogP contribution >= 0.6 is 8.79 Å². The van der Waals surface area contributed by atoms with Crippen molar-refractivity contribution >= 4 is 24.4 Å². The van der Waals surface area contributed by atoms with Crippen molar-refractivity contribution in [2.75, 3.05) is 0 Å². The van der Waals surface area contributed by atoms with Crippen LogP contribution in [0.15, 0.2) is 0 Å². The third kappa shape index (κ3) is 21.9. The van der Waals surface area contributed by atoms with Crippen molar-refractivity contribution in [3.05, 3.63) is 0 Å². The molecule has 0 saturated carbocycles. The standard InChI is InChI=1S/BH4OPSi/c1-4(2)3/h1,3H2. The van der Waals surface area contributed by atoms with Crippen LogP contribution in [0.3, 0.4) is 0 Å². The molecular weight excluding hydrogens is 85.9 g/mol.